The van der Waals surface area contributed by atoms with Gasteiger partial charge in [0.15, 0.2) is 0 Å². The molecule has 0 radical (unpaired) electrons. The molecule has 0 aromatic heterocycles. The number of fused-ring (bicyclic) bond motifs is 4. The molecular weight excluding hydrogens is 686 g/mol. The van der Waals surface area contributed by atoms with Crippen molar-refractivity contribution in [3.8, 4) is 5.75 Å². The maximum Gasteiger partial charge on any atom is 0.262 e. The van der Waals surface area contributed by atoms with Crippen LogP contribution in [0.25, 0.3) is 0 Å². The normalized spacial score (nSPS) is 35.1. The molecule has 1 unspecified atom stereocenters. The molecule has 5 aliphatic rings. The molecule has 1 amide bonds. The minimum absolute atomic E-state index is 0.0117. The van der Waals surface area contributed by atoms with E-state index in [9.17, 15) is 14.1 Å². The van der Waals surface area contributed by atoms with Crippen LogP contribution in [-0.4, -0.2) is 103 Å². The molecule has 11 heteroatoms. The number of morpholine rings is 1. The van der Waals surface area contributed by atoms with Gasteiger partial charge in [0.25, 0.3) is 5.91 Å². The summed E-state index contributed by atoms with van der Waals surface area (Å²) >= 11 is 6.48. The molecule has 2 N–H and O–H groups in total. The summed E-state index contributed by atoms with van der Waals surface area (Å²) in [6.45, 7) is 10.6. The Bertz CT molecular complexity index is 1730. The first kappa shape index (κ1) is 36.7. The third kappa shape index (κ3) is 7.73. The van der Waals surface area contributed by atoms with Gasteiger partial charge in [-0.1, -0.05) is 36.7 Å². The zero-order valence-corrected chi connectivity index (χ0v) is 31.7. The number of carbonyl (C=O) groups excluding carboxylic acids is 1. The minimum Gasteiger partial charge on any atom is -0.490 e. The molecule has 7 rings (SSSR count). The number of aliphatic hydroxyl groups is 1. The number of halogens is 1. The van der Waals surface area contributed by atoms with Gasteiger partial charge in [-0.25, -0.2) is 4.21 Å². The van der Waals surface area contributed by atoms with Crippen molar-refractivity contribution < 1.29 is 28.3 Å². The number of allylic oxidation sites excluding steroid dienone is 1. The first-order valence-electron chi connectivity index (χ1n) is 18.7. The summed E-state index contributed by atoms with van der Waals surface area (Å²) in [7, 11) is -2.99. The van der Waals surface area contributed by atoms with E-state index >= 15 is 0 Å². The molecule has 3 aliphatic heterocycles. The lowest BCUT2D eigenvalue weighted by Crippen LogP contribution is -2.54. The van der Waals surface area contributed by atoms with Gasteiger partial charge in [0.2, 0.25) is 0 Å². The smallest absolute Gasteiger partial charge is 0.262 e. The van der Waals surface area contributed by atoms with Crippen molar-refractivity contribution in [3.05, 3.63) is 70.3 Å². The fraction of sp³-hybridized carbons (Fsp3) is 0.600. The minimum atomic E-state index is -2.99. The molecule has 2 aromatic carbocycles. The number of benzene rings is 2. The number of nitrogens with zero attached hydrogens (tertiary/aromatic N) is 2. The van der Waals surface area contributed by atoms with E-state index in [4.69, 9.17) is 25.8 Å². The Morgan fingerprint density at radius 1 is 1.16 bits per heavy atom. The highest BCUT2D eigenvalue weighted by molar-refractivity contribution is 7.99. The van der Waals surface area contributed by atoms with Crippen LogP contribution in [0.1, 0.15) is 67.4 Å². The Hall–Kier alpha value is -2.60. The molecule has 1 spiro atoms. The Morgan fingerprint density at radius 2 is 1.98 bits per heavy atom. The number of aryl methyl sites for hydroxylation is 1. The van der Waals surface area contributed by atoms with Gasteiger partial charge in [-0.15, -0.1) is 0 Å². The highest BCUT2D eigenvalue weighted by Crippen LogP contribution is 2.48. The van der Waals surface area contributed by atoms with Crippen LogP contribution in [-0.2, 0) is 31.0 Å². The van der Waals surface area contributed by atoms with E-state index in [1.165, 1.54) is 11.1 Å². The van der Waals surface area contributed by atoms with Crippen LogP contribution >= 0.6 is 11.6 Å². The summed E-state index contributed by atoms with van der Waals surface area (Å²) in [4.78, 5) is 18.4. The maximum atomic E-state index is 13.9. The number of hydrogen-bond donors (Lipinski definition) is 2. The van der Waals surface area contributed by atoms with Gasteiger partial charge >= 0.3 is 0 Å². The van der Waals surface area contributed by atoms with Crippen LogP contribution < -0.4 is 14.4 Å². The number of rotatable bonds is 5. The van der Waals surface area contributed by atoms with E-state index in [0.717, 1.165) is 81.4 Å². The van der Waals surface area contributed by atoms with Gasteiger partial charge in [0.1, 0.15) is 11.4 Å². The second-order valence-corrected chi connectivity index (χ2v) is 18.5. The molecule has 9 nitrogen and oxygen atoms in total. The zero-order valence-electron chi connectivity index (χ0n) is 30.1. The van der Waals surface area contributed by atoms with E-state index in [0.29, 0.717) is 38.3 Å². The number of anilines is 1. The standard InChI is InChI=1S/C40H54ClN3O6S/c1-28-6-4-15-40(46,27-49-21-18-43-16-19-48-20-17-43)35-11-8-32(35)24-44-25-39(14-5-7-30-22-33(41)10-12-34(30)39)26-50-37-13-9-31(23-36(37)44)38(45)42-51(3,47)29(28)2/h4,9-10,12-13,15,22-23,28-29,32,35,46H,3,5-8,11,14,16-21,24-27H2,1-2H3,(H,42,45,47)/b15-4+/t28-,29+,32-,35+,39-,40+,51?/m0/s1. The van der Waals surface area contributed by atoms with Crippen LogP contribution in [0.5, 0.6) is 5.75 Å². The van der Waals surface area contributed by atoms with Gasteiger partial charge in [-0.3, -0.25) is 14.4 Å². The van der Waals surface area contributed by atoms with E-state index in [-0.39, 0.29) is 29.8 Å². The molecule has 2 fully saturated rings. The molecule has 51 heavy (non-hydrogen) atoms. The summed E-state index contributed by atoms with van der Waals surface area (Å²) in [5.41, 5.74) is 2.37. The highest BCUT2D eigenvalue weighted by Gasteiger charge is 2.48. The first-order chi connectivity index (χ1) is 24.5. The van der Waals surface area contributed by atoms with Crippen LogP contribution in [0.2, 0.25) is 5.02 Å². The fourth-order valence-electron chi connectivity index (χ4n) is 8.88. The van der Waals surface area contributed by atoms with Crippen molar-refractivity contribution in [3.63, 3.8) is 0 Å². The second-order valence-electron chi connectivity index (χ2n) is 15.7. The lowest BCUT2D eigenvalue weighted by molar-refractivity contribution is -0.0981. The number of nitrogens with one attached hydrogen (secondary N) is 1. The van der Waals surface area contributed by atoms with E-state index in [2.05, 4.69) is 32.5 Å². The molecule has 1 saturated heterocycles. The van der Waals surface area contributed by atoms with Gasteiger partial charge in [0, 0.05) is 54.0 Å². The molecule has 7 atom stereocenters. The number of hydrogen-bond acceptors (Lipinski definition) is 8. The number of amides is 1. The molecule has 2 aromatic rings. The quantitative estimate of drug-likeness (QED) is 0.244. The van der Waals surface area contributed by atoms with E-state index in [1.807, 2.05) is 44.2 Å². The van der Waals surface area contributed by atoms with Gasteiger partial charge < -0.3 is 24.2 Å². The molecular formula is C40H54ClN3O6S. The Morgan fingerprint density at radius 3 is 2.76 bits per heavy atom. The molecule has 3 heterocycles. The van der Waals surface area contributed by atoms with Crippen molar-refractivity contribution in [2.24, 2.45) is 17.8 Å². The van der Waals surface area contributed by atoms with Crippen LogP contribution in [0, 0.1) is 17.8 Å². The molecule has 1 saturated carbocycles. The van der Waals surface area contributed by atoms with Crippen molar-refractivity contribution >= 4 is 38.8 Å². The summed E-state index contributed by atoms with van der Waals surface area (Å²) in [6.07, 6.45) is 9.40. The average molecular weight is 740 g/mol. The summed E-state index contributed by atoms with van der Waals surface area (Å²) in [5, 5.41) is 12.8. The van der Waals surface area contributed by atoms with Gasteiger partial charge in [0.05, 0.1) is 48.4 Å². The van der Waals surface area contributed by atoms with E-state index in [1.54, 1.807) is 6.07 Å². The molecule has 278 valence electrons. The van der Waals surface area contributed by atoms with Crippen LogP contribution in [0.3, 0.4) is 0 Å². The molecule has 2 bridgehead atoms. The predicted octanol–water partition coefficient (Wildman–Crippen LogP) is 5.26. The maximum absolute atomic E-state index is 13.9. The third-order valence-corrected chi connectivity index (χ3v) is 14.8. The summed E-state index contributed by atoms with van der Waals surface area (Å²) in [6, 6.07) is 11.8. The van der Waals surface area contributed by atoms with Gasteiger partial charge in [-0.2, -0.15) is 0 Å². The Kier molecular flexibility index (Phi) is 10.8. The molecule has 2 aliphatic carbocycles. The third-order valence-electron chi connectivity index (χ3n) is 12.4. The fourth-order valence-corrected chi connectivity index (χ4v) is 10.6. The van der Waals surface area contributed by atoms with Crippen molar-refractivity contribution in [1.29, 1.82) is 0 Å². The average Bonchev–Trinajstić information content (AvgIpc) is 3.24. The largest absolute Gasteiger partial charge is 0.490 e. The van der Waals surface area contributed by atoms with Crippen molar-refractivity contribution in [1.82, 2.24) is 9.62 Å². The monoisotopic (exact) mass is 739 g/mol. The highest BCUT2D eigenvalue weighted by atomic mass is 35.5. The summed E-state index contributed by atoms with van der Waals surface area (Å²) < 4.78 is 35.1. The van der Waals surface area contributed by atoms with Crippen LogP contribution in [0.4, 0.5) is 5.69 Å². The predicted molar refractivity (Wildman–Crippen MR) is 205 cm³/mol. The Labute approximate surface area is 308 Å². The van der Waals surface area contributed by atoms with Crippen LogP contribution in [0.15, 0.2) is 48.6 Å². The lowest BCUT2D eigenvalue weighted by atomic mass is 9.64. The Balaban J connectivity index is 1.23. The van der Waals surface area contributed by atoms with Crippen molar-refractivity contribution in [2.45, 2.75) is 68.6 Å². The number of carbonyl (C=O) groups is 1. The van der Waals surface area contributed by atoms with E-state index < -0.39 is 26.5 Å². The zero-order chi connectivity index (χ0) is 35.8. The summed E-state index contributed by atoms with van der Waals surface area (Å²) in [5.74, 6) is 4.46. The second kappa shape index (κ2) is 15.0. The van der Waals surface area contributed by atoms with Crippen molar-refractivity contribution in [2.75, 3.05) is 70.7 Å². The van der Waals surface area contributed by atoms with Gasteiger partial charge in [-0.05, 0) is 111 Å². The SMILES string of the molecule is C=S1(=O)NC(=O)c2ccc3c(c2)N(C[C@@H]2CC[C@H]2[C@](O)(COCCN2CCOCC2)/C=C/C[C@H](C)[C@H]1C)C[C@@]1(CCCc2cc(Cl)ccc21)CO3. The lowest BCUT2D eigenvalue weighted by Gasteiger charge is -2.49. The number of ether oxygens (including phenoxy) is 3. The topological polar surface area (TPSA) is 101 Å². The first-order valence-corrected chi connectivity index (χ1v) is 20.9.